The molecular weight excluding hydrogens is 300 g/mol. The Morgan fingerprint density at radius 3 is 2.92 bits per heavy atom. The number of likely N-dealkylation sites (tertiary alicyclic amines) is 1. The Kier molecular flexibility index (Phi) is 5.74. The maximum atomic E-state index is 12.1. The summed E-state index contributed by atoms with van der Waals surface area (Å²) < 4.78 is 0. The first-order chi connectivity index (χ1) is 11.6. The zero-order valence-electron chi connectivity index (χ0n) is 14.7. The summed E-state index contributed by atoms with van der Waals surface area (Å²) >= 11 is 0. The molecule has 5 heteroatoms. The zero-order valence-corrected chi connectivity index (χ0v) is 14.7. The monoisotopic (exact) mass is 330 g/mol. The van der Waals surface area contributed by atoms with E-state index < -0.39 is 0 Å². The maximum absolute atomic E-state index is 12.1. The van der Waals surface area contributed by atoms with Gasteiger partial charge in [-0.25, -0.2) is 4.79 Å². The number of urea groups is 1. The number of hydrogen-bond acceptors (Lipinski definition) is 3. The Labute approximate surface area is 145 Å². The van der Waals surface area contributed by atoms with Crippen molar-refractivity contribution in [3.05, 3.63) is 30.3 Å². The number of benzene rings is 1. The van der Waals surface area contributed by atoms with Crippen LogP contribution < -0.4 is 16.0 Å². The first-order valence-electron chi connectivity index (χ1n) is 9.19. The number of para-hydroxylation sites is 1. The van der Waals surface area contributed by atoms with E-state index >= 15 is 0 Å². The molecule has 0 saturated carbocycles. The van der Waals surface area contributed by atoms with Crippen molar-refractivity contribution in [2.75, 3.05) is 38.0 Å². The minimum absolute atomic E-state index is 0.111. The van der Waals surface area contributed by atoms with E-state index in [0.717, 1.165) is 38.4 Å². The number of hydrogen-bond donors (Lipinski definition) is 3. The van der Waals surface area contributed by atoms with Gasteiger partial charge in [-0.3, -0.25) is 4.90 Å². The molecule has 0 bridgehead atoms. The van der Waals surface area contributed by atoms with E-state index in [1.807, 2.05) is 30.3 Å². The van der Waals surface area contributed by atoms with Crippen molar-refractivity contribution in [2.45, 2.75) is 38.6 Å². The Hall–Kier alpha value is -1.59. The van der Waals surface area contributed by atoms with Gasteiger partial charge in [0.05, 0.1) is 0 Å². The van der Waals surface area contributed by atoms with Crippen molar-refractivity contribution >= 4 is 11.7 Å². The van der Waals surface area contributed by atoms with Crippen molar-refractivity contribution in [1.29, 1.82) is 0 Å². The van der Waals surface area contributed by atoms with Gasteiger partial charge in [-0.1, -0.05) is 31.5 Å². The predicted octanol–water partition coefficient (Wildman–Crippen LogP) is 2.66. The Morgan fingerprint density at radius 1 is 1.33 bits per heavy atom. The lowest BCUT2D eigenvalue weighted by atomic mass is 9.87. The molecule has 5 nitrogen and oxygen atoms in total. The molecule has 1 aromatic rings. The van der Waals surface area contributed by atoms with Gasteiger partial charge >= 0.3 is 6.03 Å². The maximum Gasteiger partial charge on any atom is 0.319 e. The molecule has 132 valence electrons. The molecule has 1 aromatic carbocycles. The van der Waals surface area contributed by atoms with Crippen LogP contribution in [0.25, 0.3) is 0 Å². The van der Waals surface area contributed by atoms with Crippen LogP contribution in [0.5, 0.6) is 0 Å². The molecule has 0 spiro atoms. The van der Waals surface area contributed by atoms with Gasteiger partial charge in [-0.2, -0.15) is 0 Å². The lowest BCUT2D eigenvalue weighted by Crippen LogP contribution is -2.51. The number of piperidine rings is 1. The summed E-state index contributed by atoms with van der Waals surface area (Å²) in [4.78, 5) is 14.7. The highest BCUT2D eigenvalue weighted by atomic mass is 16.2. The van der Waals surface area contributed by atoms with Gasteiger partial charge in [0.25, 0.3) is 0 Å². The number of amides is 2. The summed E-state index contributed by atoms with van der Waals surface area (Å²) in [5.74, 6) is 0. The minimum atomic E-state index is -0.111. The highest BCUT2D eigenvalue weighted by molar-refractivity contribution is 5.89. The third kappa shape index (κ3) is 4.71. The third-order valence-electron chi connectivity index (χ3n) is 5.32. The highest BCUT2D eigenvalue weighted by Crippen LogP contribution is 2.28. The van der Waals surface area contributed by atoms with Crippen molar-refractivity contribution < 1.29 is 4.79 Å². The molecule has 3 N–H and O–H groups in total. The summed E-state index contributed by atoms with van der Waals surface area (Å²) in [5, 5.41) is 9.45. The molecule has 2 aliphatic heterocycles. The second kappa shape index (κ2) is 7.99. The van der Waals surface area contributed by atoms with Gasteiger partial charge in [0, 0.05) is 31.4 Å². The smallest absolute Gasteiger partial charge is 0.319 e. The number of nitrogens with one attached hydrogen (secondary N) is 3. The van der Waals surface area contributed by atoms with Gasteiger partial charge < -0.3 is 16.0 Å². The SMILES string of the molecule is CC1(CN2CCCCC2CNC(=O)Nc2ccccc2)CCNC1. The molecule has 2 aliphatic rings. The van der Waals surface area contributed by atoms with Crippen LogP contribution in [-0.2, 0) is 0 Å². The molecular formula is C19H30N4O. The van der Waals surface area contributed by atoms with Crippen LogP contribution >= 0.6 is 0 Å². The quantitative estimate of drug-likeness (QED) is 0.778. The van der Waals surface area contributed by atoms with E-state index in [0.29, 0.717) is 11.5 Å². The Balaban J connectivity index is 1.49. The fourth-order valence-electron chi connectivity index (χ4n) is 3.90. The van der Waals surface area contributed by atoms with Gasteiger partial charge in [0.2, 0.25) is 0 Å². The summed E-state index contributed by atoms with van der Waals surface area (Å²) in [7, 11) is 0. The largest absolute Gasteiger partial charge is 0.336 e. The fraction of sp³-hybridized carbons (Fsp3) is 0.632. The van der Waals surface area contributed by atoms with Crippen molar-refractivity contribution in [3.8, 4) is 0 Å². The predicted molar refractivity (Wildman–Crippen MR) is 98.3 cm³/mol. The molecule has 2 unspecified atom stereocenters. The van der Waals surface area contributed by atoms with Crippen LogP contribution in [0.15, 0.2) is 30.3 Å². The molecule has 2 saturated heterocycles. The van der Waals surface area contributed by atoms with Crippen molar-refractivity contribution in [2.24, 2.45) is 5.41 Å². The molecule has 0 aliphatic carbocycles. The van der Waals surface area contributed by atoms with Gasteiger partial charge in [0.15, 0.2) is 0 Å². The van der Waals surface area contributed by atoms with Crippen LogP contribution in [0.1, 0.15) is 32.6 Å². The summed E-state index contributed by atoms with van der Waals surface area (Å²) in [6.45, 7) is 7.64. The molecule has 24 heavy (non-hydrogen) atoms. The number of nitrogens with zero attached hydrogens (tertiary/aromatic N) is 1. The average Bonchev–Trinajstić information content (AvgIpc) is 3.01. The zero-order chi connectivity index (χ0) is 16.8. The van der Waals surface area contributed by atoms with Gasteiger partial charge in [-0.15, -0.1) is 0 Å². The fourth-order valence-corrected chi connectivity index (χ4v) is 3.90. The van der Waals surface area contributed by atoms with E-state index in [4.69, 9.17) is 0 Å². The molecule has 0 aromatic heterocycles. The lowest BCUT2D eigenvalue weighted by molar-refractivity contribution is 0.0965. The highest BCUT2D eigenvalue weighted by Gasteiger charge is 2.34. The van der Waals surface area contributed by atoms with Crippen molar-refractivity contribution in [1.82, 2.24) is 15.5 Å². The second-order valence-corrected chi connectivity index (χ2v) is 7.56. The third-order valence-corrected chi connectivity index (χ3v) is 5.32. The molecule has 2 atom stereocenters. The minimum Gasteiger partial charge on any atom is -0.336 e. The summed E-state index contributed by atoms with van der Waals surface area (Å²) in [6.07, 6.45) is 4.96. The Morgan fingerprint density at radius 2 is 2.17 bits per heavy atom. The van der Waals surface area contributed by atoms with Crippen LogP contribution in [-0.4, -0.2) is 49.7 Å². The summed E-state index contributed by atoms with van der Waals surface area (Å²) in [6, 6.07) is 9.95. The van der Waals surface area contributed by atoms with Crippen LogP contribution in [0.2, 0.25) is 0 Å². The van der Waals surface area contributed by atoms with Crippen molar-refractivity contribution in [3.63, 3.8) is 0 Å². The number of carbonyl (C=O) groups excluding carboxylic acids is 1. The van der Waals surface area contributed by atoms with Crippen LogP contribution in [0.4, 0.5) is 10.5 Å². The van der Waals surface area contributed by atoms with E-state index in [-0.39, 0.29) is 6.03 Å². The molecule has 3 rings (SSSR count). The van der Waals surface area contributed by atoms with Gasteiger partial charge in [-0.05, 0) is 49.9 Å². The first kappa shape index (κ1) is 17.2. The molecule has 2 heterocycles. The summed E-state index contributed by atoms with van der Waals surface area (Å²) in [5.41, 5.74) is 1.21. The van der Waals surface area contributed by atoms with E-state index in [9.17, 15) is 4.79 Å². The number of rotatable bonds is 5. The average molecular weight is 330 g/mol. The Bertz CT molecular complexity index is 527. The topological polar surface area (TPSA) is 56.4 Å². The number of anilines is 1. The molecule has 2 fully saturated rings. The van der Waals surface area contributed by atoms with Gasteiger partial charge in [0.1, 0.15) is 0 Å². The molecule has 2 amide bonds. The standard InChI is InChI=1S/C19H30N4O/c1-19(10-11-20-14-19)15-23-12-6-5-9-17(23)13-21-18(24)22-16-7-3-2-4-8-16/h2-4,7-8,17,20H,5-6,9-15H2,1H3,(H2,21,22,24). The van der Waals surface area contributed by atoms with E-state index in [1.54, 1.807) is 0 Å². The normalized spacial score (nSPS) is 27.8. The first-order valence-corrected chi connectivity index (χ1v) is 9.19. The van der Waals surface area contributed by atoms with Crippen LogP contribution in [0.3, 0.4) is 0 Å². The lowest BCUT2D eigenvalue weighted by Gasteiger charge is -2.40. The second-order valence-electron chi connectivity index (χ2n) is 7.56. The number of carbonyl (C=O) groups is 1. The molecule has 0 radical (unpaired) electrons. The van der Waals surface area contributed by atoms with E-state index in [1.165, 1.54) is 25.7 Å². The van der Waals surface area contributed by atoms with Crippen LogP contribution in [0, 0.1) is 5.41 Å². The van der Waals surface area contributed by atoms with E-state index in [2.05, 4.69) is 27.8 Å².